The van der Waals surface area contributed by atoms with Gasteiger partial charge in [0.1, 0.15) is 0 Å². The lowest BCUT2D eigenvalue weighted by atomic mass is 10.2. The molecule has 0 bridgehead atoms. The van der Waals surface area contributed by atoms with Crippen LogP contribution < -0.4 is 5.73 Å². The summed E-state index contributed by atoms with van der Waals surface area (Å²) in [4.78, 5) is 4.16. The van der Waals surface area contributed by atoms with Crippen LogP contribution in [0.3, 0.4) is 0 Å². The zero-order chi connectivity index (χ0) is 8.97. The lowest BCUT2D eigenvalue weighted by molar-refractivity contribution is 1.41. The predicted octanol–water partition coefficient (Wildman–Crippen LogP) is 2.47. The van der Waals surface area contributed by atoms with Crippen LogP contribution in [-0.2, 0) is 0 Å². The van der Waals surface area contributed by atoms with E-state index in [0.717, 1.165) is 16.9 Å². The first-order valence-electron chi connectivity index (χ1n) is 3.75. The van der Waals surface area contributed by atoms with Crippen LogP contribution >= 0.6 is 0 Å². The fraction of sp³-hybridized carbons (Fsp3) is 0.100. The van der Waals surface area contributed by atoms with Crippen molar-refractivity contribution >= 4 is 17.6 Å². The Kier molecular flexibility index (Phi) is 2.64. The molecule has 0 saturated heterocycles. The number of aliphatic imine (C=N–C) groups is 1. The number of anilines is 1. The van der Waals surface area contributed by atoms with Crippen molar-refractivity contribution in [2.75, 3.05) is 5.73 Å². The molecule has 0 aliphatic carbocycles. The maximum absolute atomic E-state index is 5.60. The lowest BCUT2D eigenvalue weighted by Crippen LogP contribution is -1.84. The third-order valence-corrected chi connectivity index (χ3v) is 1.55. The number of allylic oxidation sites excluding steroid dienone is 1. The van der Waals surface area contributed by atoms with E-state index in [1.807, 2.05) is 25.1 Å². The summed E-state index contributed by atoms with van der Waals surface area (Å²) in [6.07, 6.45) is 3.30. The van der Waals surface area contributed by atoms with E-state index in [-0.39, 0.29) is 0 Å². The van der Waals surface area contributed by atoms with Gasteiger partial charge in [-0.05, 0) is 24.6 Å². The Morgan fingerprint density at radius 3 is 2.92 bits per heavy atom. The van der Waals surface area contributed by atoms with Crippen LogP contribution in [0.15, 0.2) is 35.8 Å². The molecule has 0 unspecified atom stereocenters. The van der Waals surface area contributed by atoms with E-state index in [0.29, 0.717) is 0 Å². The molecule has 0 amide bonds. The topological polar surface area (TPSA) is 38.4 Å². The Balaban J connectivity index is 3.04. The average Bonchev–Trinajstić information content (AvgIpc) is 2.07. The minimum Gasteiger partial charge on any atom is -0.399 e. The van der Waals surface area contributed by atoms with Crippen molar-refractivity contribution in [3.8, 4) is 0 Å². The second-order valence-corrected chi connectivity index (χ2v) is 2.56. The SMILES string of the molecule is C=CC=Nc1cc(N)ccc1C. The van der Waals surface area contributed by atoms with Crippen molar-refractivity contribution in [3.05, 3.63) is 36.4 Å². The molecule has 0 aliphatic rings. The Labute approximate surface area is 72.4 Å². The van der Waals surface area contributed by atoms with E-state index < -0.39 is 0 Å². The Bertz CT molecular complexity index is 314. The zero-order valence-electron chi connectivity index (χ0n) is 7.12. The highest BCUT2D eigenvalue weighted by Gasteiger charge is 1.94. The van der Waals surface area contributed by atoms with E-state index in [1.165, 1.54) is 0 Å². The maximum atomic E-state index is 5.60. The van der Waals surface area contributed by atoms with E-state index in [1.54, 1.807) is 12.3 Å². The van der Waals surface area contributed by atoms with Crippen molar-refractivity contribution in [3.63, 3.8) is 0 Å². The molecule has 0 heterocycles. The molecular weight excluding hydrogens is 148 g/mol. The summed E-state index contributed by atoms with van der Waals surface area (Å²) in [5.74, 6) is 0. The largest absolute Gasteiger partial charge is 0.399 e. The molecule has 0 aliphatic heterocycles. The van der Waals surface area contributed by atoms with Gasteiger partial charge in [0.25, 0.3) is 0 Å². The van der Waals surface area contributed by atoms with Gasteiger partial charge in [0.15, 0.2) is 0 Å². The van der Waals surface area contributed by atoms with Crippen LogP contribution in [0.1, 0.15) is 5.56 Å². The number of aryl methyl sites for hydroxylation is 1. The number of hydrogen-bond acceptors (Lipinski definition) is 2. The van der Waals surface area contributed by atoms with Gasteiger partial charge in [-0.3, -0.25) is 4.99 Å². The van der Waals surface area contributed by atoms with E-state index in [4.69, 9.17) is 5.73 Å². The number of rotatable bonds is 2. The molecular formula is C10H12N2. The van der Waals surface area contributed by atoms with Crippen molar-refractivity contribution < 1.29 is 0 Å². The standard InChI is InChI=1S/C10H12N2/c1-3-6-12-10-7-9(11)5-4-8(10)2/h3-7H,1,11H2,2H3. The predicted molar refractivity (Wildman–Crippen MR) is 53.9 cm³/mol. The minimum absolute atomic E-state index is 0.733. The molecule has 2 nitrogen and oxygen atoms in total. The molecule has 0 saturated carbocycles. The molecule has 1 aromatic carbocycles. The van der Waals surface area contributed by atoms with Gasteiger partial charge in [-0.2, -0.15) is 0 Å². The van der Waals surface area contributed by atoms with Gasteiger partial charge >= 0.3 is 0 Å². The molecule has 2 heteroatoms. The molecule has 0 radical (unpaired) electrons. The lowest BCUT2D eigenvalue weighted by Gasteiger charge is -1.99. The van der Waals surface area contributed by atoms with E-state index in [9.17, 15) is 0 Å². The van der Waals surface area contributed by atoms with E-state index >= 15 is 0 Å². The maximum Gasteiger partial charge on any atom is 0.0679 e. The van der Waals surface area contributed by atoms with Crippen molar-refractivity contribution in [1.82, 2.24) is 0 Å². The zero-order valence-corrected chi connectivity index (χ0v) is 7.12. The molecule has 0 spiro atoms. The second-order valence-electron chi connectivity index (χ2n) is 2.56. The second kappa shape index (κ2) is 3.72. The molecule has 0 aromatic heterocycles. The highest BCUT2D eigenvalue weighted by molar-refractivity contribution is 5.75. The third-order valence-electron chi connectivity index (χ3n) is 1.55. The number of nitrogens with two attached hydrogens (primary N) is 1. The van der Waals surface area contributed by atoms with Crippen LogP contribution in [0.2, 0.25) is 0 Å². The highest BCUT2D eigenvalue weighted by atomic mass is 14.7. The monoisotopic (exact) mass is 160 g/mol. The quantitative estimate of drug-likeness (QED) is 0.523. The smallest absolute Gasteiger partial charge is 0.0679 e. The number of benzene rings is 1. The first-order chi connectivity index (χ1) is 5.74. The molecule has 1 rings (SSSR count). The fourth-order valence-corrected chi connectivity index (χ4v) is 0.899. The van der Waals surface area contributed by atoms with Crippen LogP contribution in [0, 0.1) is 6.92 Å². The van der Waals surface area contributed by atoms with Gasteiger partial charge in [0.2, 0.25) is 0 Å². The van der Waals surface area contributed by atoms with Crippen molar-refractivity contribution in [1.29, 1.82) is 0 Å². The number of nitrogens with zero attached hydrogens (tertiary/aromatic N) is 1. The molecule has 0 atom stereocenters. The van der Waals surface area contributed by atoms with Crippen LogP contribution in [0.25, 0.3) is 0 Å². The molecule has 2 N–H and O–H groups in total. The van der Waals surface area contributed by atoms with Crippen LogP contribution in [-0.4, -0.2) is 6.21 Å². The van der Waals surface area contributed by atoms with Gasteiger partial charge in [-0.25, -0.2) is 0 Å². The Morgan fingerprint density at radius 1 is 1.50 bits per heavy atom. The van der Waals surface area contributed by atoms with E-state index in [2.05, 4.69) is 11.6 Å². The average molecular weight is 160 g/mol. The van der Waals surface area contributed by atoms with Gasteiger partial charge in [-0.1, -0.05) is 18.7 Å². The summed E-state index contributed by atoms with van der Waals surface area (Å²) in [6, 6.07) is 5.66. The molecule has 1 aromatic rings. The molecule has 0 fully saturated rings. The summed E-state index contributed by atoms with van der Waals surface area (Å²) >= 11 is 0. The number of hydrogen-bond donors (Lipinski definition) is 1. The Hall–Kier alpha value is -1.57. The summed E-state index contributed by atoms with van der Waals surface area (Å²) in [5.41, 5.74) is 8.34. The van der Waals surface area contributed by atoms with Gasteiger partial charge in [0, 0.05) is 11.9 Å². The first kappa shape index (κ1) is 8.53. The van der Waals surface area contributed by atoms with Crippen molar-refractivity contribution in [2.45, 2.75) is 6.92 Å². The Morgan fingerprint density at radius 2 is 2.25 bits per heavy atom. The van der Waals surface area contributed by atoms with Gasteiger partial charge < -0.3 is 5.73 Å². The molecule has 62 valence electrons. The summed E-state index contributed by atoms with van der Waals surface area (Å²) in [5, 5.41) is 0. The first-order valence-corrected chi connectivity index (χ1v) is 3.75. The fourth-order valence-electron chi connectivity index (χ4n) is 0.899. The third kappa shape index (κ3) is 1.95. The van der Waals surface area contributed by atoms with Gasteiger partial charge in [-0.15, -0.1) is 0 Å². The summed E-state index contributed by atoms with van der Waals surface area (Å²) < 4.78 is 0. The summed E-state index contributed by atoms with van der Waals surface area (Å²) in [6.45, 7) is 5.54. The van der Waals surface area contributed by atoms with Crippen molar-refractivity contribution in [2.24, 2.45) is 4.99 Å². The highest BCUT2D eigenvalue weighted by Crippen LogP contribution is 2.20. The van der Waals surface area contributed by atoms with Crippen LogP contribution in [0.4, 0.5) is 11.4 Å². The van der Waals surface area contributed by atoms with Gasteiger partial charge in [0.05, 0.1) is 5.69 Å². The van der Waals surface area contributed by atoms with Crippen LogP contribution in [0.5, 0.6) is 0 Å². The normalized spacial score (nSPS) is 10.4. The molecule has 12 heavy (non-hydrogen) atoms. The summed E-state index contributed by atoms with van der Waals surface area (Å²) in [7, 11) is 0. The minimum atomic E-state index is 0.733. The number of nitrogen functional groups attached to an aromatic ring is 1.